The molecule has 0 heterocycles. The van der Waals surface area contributed by atoms with Gasteiger partial charge >= 0.3 is 5.97 Å². The van der Waals surface area contributed by atoms with Gasteiger partial charge in [-0.25, -0.2) is 4.79 Å². The van der Waals surface area contributed by atoms with Crippen LogP contribution in [0.2, 0.25) is 0 Å². The van der Waals surface area contributed by atoms with E-state index in [4.69, 9.17) is 4.74 Å². The Bertz CT molecular complexity index is 276. The molecule has 0 radical (unpaired) electrons. The second-order valence-corrected chi connectivity index (χ2v) is 7.18. The van der Waals surface area contributed by atoms with Crippen molar-refractivity contribution in [2.75, 3.05) is 0 Å². The van der Waals surface area contributed by atoms with E-state index in [1.807, 2.05) is 0 Å². The molecule has 5 heteroatoms. The number of hydrogen-bond donors (Lipinski definition) is 1. The maximum atomic E-state index is 11.6. The predicted octanol–water partition coefficient (Wildman–Crippen LogP) is 2.01. The number of nitrogens with one attached hydrogen (secondary N) is 1. The molecule has 0 aliphatic rings. The van der Waals surface area contributed by atoms with Crippen molar-refractivity contribution in [3.05, 3.63) is 0 Å². The third-order valence-electron chi connectivity index (χ3n) is 1.65. The molecule has 94 valence electrons. The van der Waals surface area contributed by atoms with Crippen LogP contribution in [0.1, 0.15) is 41.5 Å². The quantitative estimate of drug-likeness (QED) is 0.640. The van der Waals surface area contributed by atoms with Gasteiger partial charge < -0.3 is 10.1 Å². The van der Waals surface area contributed by atoms with Crippen molar-refractivity contribution in [3.63, 3.8) is 0 Å². The molecule has 0 aromatic carbocycles. The maximum Gasteiger partial charge on any atom is 0.328 e. The van der Waals surface area contributed by atoms with Gasteiger partial charge in [0.15, 0.2) is 0 Å². The number of amides is 1. The average Bonchev–Trinajstić information content (AvgIpc) is 1.98. The maximum absolute atomic E-state index is 11.6. The predicted molar refractivity (Wildman–Crippen MR) is 66.5 cm³/mol. The monoisotopic (exact) mass is 293 g/mol. The zero-order valence-electron chi connectivity index (χ0n) is 10.7. The molecule has 0 aromatic rings. The Labute approximate surface area is 105 Å². The summed E-state index contributed by atoms with van der Waals surface area (Å²) in [6.07, 6.45) is 0. The summed E-state index contributed by atoms with van der Waals surface area (Å²) in [6, 6.07) is -0.649. The Morgan fingerprint density at radius 3 is 1.94 bits per heavy atom. The van der Waals surface area contributed by atoms with Crippen molar-refractivity contribution in [3.8, 4) is 0 Å². The molecule has 0 bridgehead atoms. The number of carbonyl (C=O) groups is 2. The average molecular weight is 294 g/mol. The number of halogens is 1. The second kappa shape index (κ2) is 5.17. The Hall–Kier alpha value is -0.580. The van der Waals surface area contributed by atoms with E-state index in [9.17, 15) is 9.59 Å². The highest BCUT2D eigenvalue weighted by molar-refractivity contribution is 9.10. The topological polar surface area (TPSA) is 55.4 Å². The summed E-state index contributed by atoms with van der Waals surface area (Å²) >= 11 is 3.22. The van der Waals surface area contributed by atoms with Gasteiger partial charge in [0.25, 0.3) is 0 Å². The zero-order valence-corrected chi connectivity index (χ0v) is 12.3. The molecule has 1 amide bonds. The van der Waals surface area contributed by atoms with E-state index in [0.717, 1.165) is 0 Å². The smallest absolute Gasteiger partial charge is 0.328 e. The first kappa shape index (κ1) is 15.4. The van der Waals surface area contributed by atoms with Crippen molar-refractivity contribution < 1.29 is 14.3 Å². The summed E-state index contributed by atoms with van der Waals surface area (Å²) in [5.41, 5.74) is -0.542. The standard InChI is InChI=1S/C11H20BrNO3/c1-7(8(14)16-10(2,3)4)13-9(15)11(5,6)12/h7H,1-6H3,(H,13,15)/t7-/m0/s1. The zero-order chi connectivity index (χ0) is 13.1. The highest BCUT2D eigenvalue weighted by Crippen LogP contribution is 2.16. The molecule has 0 aliphatic heterocycles. The van der Waals surface area contributed by atoms with Crippen LogP contribution in [0.4, 0.5) is 0 Å². The van der Waals surface area contributed by atoms with Crippen LogP contribution in [0.15, 0.2) is 0 Å². The van der Waals surface area contributed by atoms with Crippen molar-refractivity contribution in [2.45, 2.75) is 57.5 Å². The van der Waals surface area contributed by atoms with Crippen LogP contribution in [0.25, 0.3) is 0 Å². The molecular weight excluding hydrogens is 274 g/mol. The lowest BCUT2D eigenvalue weighted by Gasteiger charge is -2.24. The van der Waals surface area contributed by atoms with Gasteiger partial charge in [0, 0.05) is 0 Å². The van der Waals surface area contributed by atoms with E-state index in [1.165, 1.54) is 0 Å². The Morgan fingerprint density at radius 2 is 1.62 bits per heavy atom. The first-order valence-electron chi connectivity index (χ1n) is 5.16. The summed E-state index contributed by atoms with van der Waals surface area (Å²) in [6.45, 7) is 10.4. The molecule has 0 fully saturated rings. The minimum Gasteiger partial charge on any atom is -0.458 e. The number of ether oxygens (including phenoxy) is 1. The van der Waals surface area contributed by atoms with Gasteiger partial charge in [-0.2, -0.15) is 0 Å². The highest BCUT2D eigenvalue weighted by atomic mass is 79.9. The number of esters is 1. The summed E-state index contributed by atoms with van der Waals surface area (Å²) < 4.78 is 4.45. The SMILES string of the molecule is C[C@H](NC(=O)C(C)(C)Br)C(=O)OC(C)(C)C. The first-order valence-corrected chi connectivity index (χ1v) is 5.95. The lowest BCUT2D eigenvalue weighted by molar-refractivity contribution is -0.158. The fourth-order valence-electron chi connectivity index (χ4n) is 0.817. The van der Waals surface area contributed by atoms with Gasteiger partial charge in [0.1, 0.15) is 11.6 Å². The normalized spacial score (nSPS) is 14.2. The van der Waals surface area contributed by atoms with Crippen molar-refractivity contribution in [1.29, 1.82) is 0 Å². The first-order chi connectivity index (χ1) is 6.93. The second-order valence-electron chi connectivity index (χ2n) is 5.20. The van der Waals surface area contributed by atoms with Crippen molar-refractivity contribution >= 4 is 27.8 Å². The van der Waals surface area contributed by atoms with Crippen molar-refractivity contribution in [1.82, 2.24) is 5.32 Å². The molecule has 16 heavy (non-hydrogen) atoms. The van der Waals surface area contributed by atoms with Crippen LogP contribution in [-0.4, -0.2) is 27.8 Å². The van der Waals surface area contributed by atoms with Crippen LogP contribution in [-0.2, 0) is 14.3 Å². The summed E-state index contributed by atoms with van der Waals surface area (Å²) in [5, 5.41) is 2.58. The van der Waals surface area contributed by atoms with E-state index in [1.54, 1.807) is 41.5 Å². The molecule has 0 spiro atoms. The van der Waals surface area contributed by atoms with Gasteiger partial charge in [0.2, 0.25) is 5.91 Å². The largest absolute Gasteiger partial charge is 0.458 e. The summed E-state index contributed by atoms with van der Waals surface area (Å²) in [5.74, 6) is -0.677. The van der Waals surface area contributed by atoms with Crippen molar-refractivity contribution in [2.24, 2.45) is 0 Å². The van der Waals surface area contributed by atoms with Crippen LogP contribution in [0.5, 0.6) is 0 Å². The van der Waals surface area contributed by atoms with Crippen LogP contribution in [0, 0.1) is 0 Å². The third-order valence-corrected chi connectivity index (χ3v) is 2.01. The van der Waals surface area contributed by atoms with E-state index in [0.29, 0.717) is 0 Å². The highest BCUT2D eigenvalue weighted by Gasteiger charge is 2.28. The molecule has 0 rings (SSSR count). The molecule has 0 unspecified atom stereocenters. The lowest BCUT2D eigenvalue weighted by Crippen LogP contribution is -2.47. The van der Waals surface area contributed by atoms with Gasteiger partial charge in [0.05, 0.1) is 4.32 Å². The molecule has 4 nitrogen and oxygen atoms in total. The van der Waals surface area contributed by atoms with E-state index in [2.05, 4.69) is 21.2 Å². The number of alkyl halides is 1. The van der Waals surface area contributed by atoms with Crippen LogP contribution < -0.4 is 5.32 Å². The third kappa shape index (κ3) is 6.10. The fourth-order valence-corrected chi connectivity index (χ4v) is 0.932. The minimum atomic E-state index is -0.691. The molecular formula is C11H20BrNO3. The Morgan fingerprint density at radius 1 is 1.19 bits per heavy atom. The number of carbonyl (C=O) groups excluding carboxylic acids is 2. The Balaban J connectivity index is 4.33. The van der Waals surface area contributed by atoms with Gasteiger partial charge in [-0.05, 0) is 41.5 Å². The summed E-state index contributed by atoms with van der Waals surface area (Å²) in [4.78, 5) is 23.1. The molecule has 1 atom stereocenters. The van der Waals surface area contributed by atoms with Gasteiger partial charge in [-0.3, -0.25) is 4.79 Å². The van der Waals surface area contributed by atoms with Gasteiger partial charge in [-0.15, -0.1) is 0 Å². The van der Waals surface area contributed by atoms with Crippen LogP contribution >= 0.6 is 15.9 Å². The molecule has 0 saturated carbocycles. The fraction of sp³-hybridized carbons (Fsp3) is 0.818. The molecule has 0 aromatic heterocycles. The Kier molecular flexibility index (Phi) is 4.98. The molecule has 0 saturated heterocycles. The van der Waals surface area contributed by atoms with E-state index < -0.39 is 21.9 Å². The van der Waals surface area contributed by atoms with E-state index in [-0.39, 0.29) is 5.91 Å². The molecule has 0 aliphatic carbocycles. The lowest BCUT2D eigenvalue weighted by atomic mass is 10.1. The molecule has 1 N–H and O–H groups in total. The minimum absolute atomic E-state index is 0.245. The number of rotatable bonds is 3. The van der Waals surface area contributed by atoms with Crippen LogP contribution in [0.3, 0.4) is 0 Å². The summed E-state index contributed by atoms with van der Waals surface area (Å²) in [7, 11) is 0. The van der Waals surface area contributed by atoms with Gasteiger partial charge in [-0.1, -0.05) is 15.9 Å². The number of hydrogen-bond acceptors (Lipinski definition) is 3. The van der Waals surface area contributed by atoms with E-state index >= 15 is 0 Å².